The normalized spacial score (nSPS) is 10.7. The molecule has 21 heavy (non-hydrogen) atoms. The maximum absolute atomic E-state index is 5.84. The van der Waals surface area contributed by atoms with Crippen LogP contribution >= 0.6 is 15.9 Å². The van der Waals surface area contributed by atoms with Gasteiger partial charge in [0.1, 0.15) is 29.6 Å². The molecule has 0 unspecified atom stereocenters. The van der Waals surface area contributed by atoms with Gasteiger partial charge in [-0.15, -0.1) is 0 Å². The molecule has 4 nitrogen and oxygen atoms in total. The van der Waals surface area contributed by atoms with Crippen LogP contribution in [0.15, 0.2) is 33.2 Å². The predicted octanol–water partition coefficient (Wildman–Crippen LogP) is 4.05. The monoisotopic (exact) mass is 353 g/mol. The third kappa shape index (κ3) is 4.25. The second kappa shape index (κ2) is 7.52. The fourth-order valence-corrected chi connectivity index (χ4v) is 2.42. The summed E-state index contributed by atoms with van der Waals surface area (Å²) in [6.07, 6.45) is 0. The van der Waals surface area contributed by atoms with Gasteiger partial charge in [-0.2, -0.15) is 0 Å². The van der Waals surface area contributed by atoms with Crippen molar-refractivity contribution >= 4 is 15.9 Å². The molecular formula is C16H20BrNO3. The second-order valence-electron chi connectivity index (χ2n) is 4.66. The number of aryl methyl sites for hydroxylation is 1. The van der Waals surface area contributed by atoms with E-state index in [2.05, 4.69) is 28.2 Å². The molecule has 2 aromatic rings. The molecule has 0 atom stereocenters. The molecular weight excluding hydrogens is 334 g/mol. The molecule has 0 amide bonds. The molecule has 1 N–H and O–H groups in total. The molecule has 1 aromatic carbocycles. The Morgan fingerprint density at radius 1 is 1.29 bits per heavy atom. The van der Waals surface area contributed by atoms with Gasteiger partial charge in [0.2, 0.25) is 0 Å². The zero-order chi connectivity index (χ0) is 15.2. The molecule has 0 aliphatic carbocycles. The molecule has 0 aliphatic heterocycles. The molecule has 0 radical (unpaired) electrons. The first-order valence-electron chi connectivity index (χ1n) is 6.89. The third-order valence-electron chi connectivity index (χ3n) is 3.14. The van der Waals surface area contributed by atoms with E-state index in [1.807, 2.05) is 31.2 Å². The van der Waals surface area contributed by atoms with Gasteiger partial charge in [-0.1, -0.05) is 6.92 Å². The summed E-state index contributed by atoms with van der Waals surface area (Å²) >= 11 is 3.48. The number of furan rings is 1. The Morgan fingerprint density at radius 3 is 2.76 bits per heavy atom. The summed E-state index contributed by atoms with van der Waals surface area (Å²) in [5.41, 5.74) is 1.06. The van der Waals surface area contributed by atoms with Crippen molar-refractivity contribution in [3.8, 4) is 11.5 Å². The molecule has 0 bridgehead atoms. The van der Waals surface area contributed by atoms with E-state index in [4.69, 9.17) is 13.9 Å². The number of methoxy groups -OCH3 is 1. The quantitative estimate of drug-likeness (QED) is 0.815. The van der Waals surface area contributed by atoms with Crippen molar-refractivity contribution in [3.63, 3.8) is 0 Å². The predicted molar refractivity (Wildman–Crippen MR) is 85.9 cm³/mol. The van der Waals surface area contributed by atoms with E-state index in [0.717, 1.165) is 46.1 Å². The molecule has 0 aliphatic rings. The molecule has 1 aromatic heterocycles. The van der Waals surface area contributed by atoms with E-state index in [1.165, 1.54) is 0 Å². The summed E-state index contributed by atoms with van der Waals surface area (Å²) in [5, 5.41) is 3.24. The number of halogens is 1. The summed E-state index contributed by atoms with van der Waals surface area (Å²) in [4.78, 5) is 0. The minimum Gasteiger partial charge on any atom is -0.497 e. The summed E-state index contributed by atoms with van der Waals surface area (Å²) in [6, 6.07) is 7.68. The highest BCUT2D eigenvalue weighted by molar-refractivity contribution is 9.10. The lowest BCUT2D eigenvalue weighted by molar-refractivity contribution is 0.300. The van der Waals surface area contributed by atoms with Gasteiger partial charge in [0, 0.05) is 5.56 Å². The summed E-state index contributed by atoms with van der Waals surface area (Å²) in [7, 11) is 1.64. The summed E-state index contributed by atoms with van der Waals surface area (Å²) in [6.45, 7) is 6.17. The van der Waals surface area contributed by atoms with Crippen LogP contribution in [0.4, 0.5) is 0 Å². The van der Waals surface area contributed by atoms with Crippen LogP contribution in [0, 0.1) is 6.92 Å². The van der Waals surface area contributed by atoms with Crippen molar-refractivity contribution in [3.05, 3.63) is 45.8 Å². The number of ether oxygens (including phenoxy) is 2. The van der Waals surface area contributed by atoms with Gasteiger partial charge in [0.25, 0.3) is 0 Å². The molecule has 114 valence electrons. The van der Waals surface area contributed by atoms with Crippen molar-refractivity contribution in [2.24, 2.45) is 0 Å². The Labute approximate surface area is 133 Å². The Hall–Kier alpha value is -1.46. The smallest absolute Gasteiger partial charge is 0.134 e. The topological polar surface area (TPSA) is 43.6 Å². The number of nitrogens with one attached hydrogen (secondary N) is 1. The number of hydrogen-bond donors (Lipinski definition) is 1. The average Bonchev–Trinajstić information content (AvgIpc) is 2.84. The van der Waals surface area contributed by atoms with E-state index in [9.17, 15) is 0 Å². The lowest BCUT2D eigenvalue weighted by atomic mass is 10.2. The first-order chi connectivity index (χ1) is 10.1. The standard InChI is InChI=1S/C16H20BrNO3/c1-4-18-9-14-7-12(11(2)21-14)10-20-16-6-5-13(19-3)8-15(16)17/h5-8,18H,4,9-10H2,1-3H3. The van der Waals surface area contributed by atoms with Crippen molar-refractivity contribution in [1.29, 1.82) is 0 Å². The van der Waals surface area contributed by atoms with Gasteiger partial charge in [-0.3, -0.25) is 0 Å². The van der Waals surface area contributed by atoms with Crippen LogP contribution in [-0.4, -0.2) is 13.7 Å². The second-order valence-corrected chi connectivity index (χ2v) is 5.51. The molecule has 0 spiro atoms. The zero-order valence-electron chi connectivity index (χ0n) is 12.5. The van der Waals surface area contributed by atoms with Gasteiger partial charge in [-0.25, -0.2) is 0 Å². The van der Waals surface area contributed by atoms with Crippen LogP contribution in [0.25, 0.3) is 0 Å². The van der Waals surface area contributed by atoms with Crippen LogP contribution in [0.3, 0.4) is 0 Å². The highest BCUT2D eigenvalue weighted by Crippen LogP contribution is 2.30. The maximum atomic E-state index is 5.84. The van der Waals surface area contributed by atoms with Gasteiger partial charge in [0.15, 0.2) is 0 Å². The van der Waals surface area contributed by atoms with E-state index in [0.29, 0.717) is 6.61 Å². The van der Waals surface area contributed by atoms with Crippen LogP contribution < -0.4 is 14.8 Å². The molecule has 0 saturated carbocycles. The van der Waals surface area contributed by atoms with E-state index >= 15 is 0 Å². The SMILES string of the molecule is CCNCc1cc(COc2ccc(OC)cc2Br)c(C)o1. The third-order valence-corrected chi connectivity index (χ3v) is 3.76. The minimum atomic E-state index is 0.479. The lowest BCUT2D eigenvalue weighted by Crippen LogP contribution is -2.10. The first-order valence-corrected chi connectivity index (χ1v) is 7.68. The van der Waals surface area contributed by atoms with Crippen LogP contribution in [0.2, 0.25) is 0 Å². The van der Waals surface area contributed by atoms with E-state index < -0.39 is 0 Å². The fraction of sp³-hybridized carbons (Fsp3) is 0.375. The largest absolute Gasteiger partial charge is 0.497 e. The molecule has 2 rings (SSSR count). The van der Waals surface area contributed by atoms with Gasteiger partial charge in [0.05, 0.1) is 18.1 Å². The highest BCUT2D eigenvalue weighted by Gasteiger charge is 2.09. The van der Waals surface area contributed by atoms with E-state index in [-0.39, 0.29) is 0 Å². The average molecular weight is 354 g/mol. The Morgan fingerprint density at radius 2 is 2.10 bits per heavy atom. The zero-order valence-corrected chi connectivity index (χ0v) is 14.1. The molecule has 0 saturated heterocycles. The Balaban J connectivity index is 2.01. The molecule has 5 heteroatoms. The minimum absolute atomic E-state index is 0.479. The Bertz CT molecular complexity index is 595. The van der Waals surface area contributed by atoms with Gasteiger partial charge < -0.3 is 19.2 Å². The molecule has 1 heterocycles. The summed E-state index contributed by atoms with van der Waals surface area (Å²) < 4.78 is 17.6. The van der Waals surface area contributed by atoms with Crippen LogP contribution in [0.1, 0.15) is 24.0 Å². The molecule has 0 fully saturated rings. The fourth-order valence-electron chi connectivity index (χ4n) is 1.95. The van der Waals surface area contributed by atoms with Crippen molar-refractivity contribution in [2.45, 2.75) is 27.0 Å². The number of rotatable bonds is 7. The Kier molecular flexibility index (Phi) is 5.70. The highest BCUT2D eigenvalue weighted by atomic mass is 79.9. The van der Waals surface area contributed by atoms with Gasteiger partial charge in [-0.05, 0) is 53.7 Å². The van der Waals surface area contributed by atoms with Crippen molar-refractivity contribution in [2.75, 3.05) is 13.7 Å². The van der Waals surface area contributed by atoms with Gasteiger partial charge >= 0.3 is 0 Å². The maximum Gasteiger partial charge on any atom is 0.134 e. The van der Waals surface area contributed by atoms with E-state index in [1.54, 1.807) is 7.11 Å². The number of hydrogen-bond acceptors (Lipinski definition) is 4. The number of benzene rings is 1. The van der Waals surface area contributed by atoms with Crippen molar-refractivity contribution < 1.29 is 13.9 Å². The first kappa shape index (κ1) is 15.9. The lowest BCUT2D eigenvalue weighted by Gasteiger charge is -2.08. The van der Waals surface area contributed by atoms with Crippen molar-refractivity contribution in [1.82, 2.24) is 5.32 Å². The van der Waals surface area contributed by atoms with Crippen LogP contribution in [-0.2, 0) is 13.2 Å². The summed E-state index contributed by atoms with van der Waals surface area (Å²) in [5.74, 6) is 3.40. The van der Waals surface area contributed by atoms with Crippen LogP contribution in [0.5, 0.6) is 11.5 Å².